The maximum absolute atomic E-state index is 13.3. The Morgan fingerprint density at radius 1 is 1.35 bits per heavy atom. The van der Waals surface area contributed by atoms with Gasteiger partial charge in [-0.1, -0.05) is 0 Å². The van der Waals surface area contributed by atoms with E-state index in [1.165, 1.54) is 12.1 Å². The molecule has 1 aromatic carbocycles. The number of halogens is 1. The van der Waals surface area contributed by atoms with E-state index >= 15 is 0 Å². The van der Waals surface area contributed by atoms with Crippen molar-refractivity contribution in [2.75, 3.05) is 13.7 Å². The summed E-state index contributed by atoms with van der Waals surface area (Å²) in [5.41, 5.74) is 0.0759. The van der Waals surface area contributed by atoms with Crippen LogP contribution >= 0.6 is 0 Å². The number of rotatable bonds is 6. The smallest absolute Gasteiger partial charge is 0.127 e. The van der Waals surface area contributed by atoms with E-state index in [9.17, 15) is 9.50 Å². The van der Waals surface area contributed by atoms with Crippen LogP contribution < -0.4 is 10.1 Å². The van der Waals surface area contributed by atoms with E-state index in [2.05, 4.69) is 5.32 Å². The van der Waals surface area contributed by atoms with Gasteiger partial charge in [0.2, 0.25) is 0 Å². The monoisotopic (exact) mass is 241 g/mol. The highest BCUT2D eigenvalue weighted by molar-refractivity contribution is 5.29. The van der Waals surface area contributed by atoms with E-state index in [0.717, 1.165) is 5.56 Å². The zero-order valence-corrected chi connectivity index (χ0v) is 10.6. The van der Waals surface area contributed by atoms with Gasteiger partial charge in [-0.15, -0.1) is 0 Å². The lowest BCUT2D eigenvalue weighted by Gasteiger charge is -2.17. The molecule has 96 valence electrons. The molecule has 0 amide bonds. The van der Waals surface area contributed by atoms with E-state index in [4.69, 9.17) is 4.74 Å². The molecule has 0 saturated heterocycles. The summed E-state index contributed by atoms with van der Waals surface area (Å²) in [5, 5.41) is 12.5. The van der Waals surface area contributed by atoms with Gasteiger partial charge in [0.1, 0.15) is 11.6 Å². The van der Waals surface area contributed by atoms with Crippen LogP contribution in [0.5, 0.6) is 5.75 Å². The zero-order valence-electron chi connectivity index (χ0n) is 10.6. The van der Waals surface area contributed by atoms with Gasteiger partial charge in [-0.2, -0.15) is 0 Å². The molecule has 0 spiro atoms. The molecule has 3 nitrogen and oxygen atoms in total. The Hall–Kier alpha value is -1.13. The minimum atomic E-state index is -0.763. The third-order valence-electron chi connectivity index (χ3n) is 2.29. The summed E-state index contributed by atoms with van der Waals surface area (Å²) in [6, 6.07) is 4.62. The Kier molecular flexibility index (Phi) is 4.90. The van der Waals surface area contributed by atoms with Crippen molar-refractivity contribution in [1.82, 2.24) is 5.32 Å². The molecule has 17 heavy (non-hydrogen) atoms. The van der Waals surface area contributed by atoms with Gasteiger partial charge in [0, 0.05) is 19.0 Å². The quantitative estimate of drug-likeness (QED) is 0.801. The molecule has 0 saturated carbocycles. The second-order valence-corrected chi connectivity index (χ2v) is 4.74. The fourth-order valence-corrected chi connectivity index (χ4v) is 1.43. The SMILES string of the molecule is CNCc1cc(F)cc(OCCC(C)(C)O)c1. The predicted octanol–water partition coefficient (Wildman–Crippen LogP) is 2.08. The Labute approximate surface area is 102 Å². The van der Waals surface area contributed by atoms with E-state index in [1.807, 2.05) is 0 Å². The van der Waals surface area contributed by atoms with Gasteiger partial charge in [-0.3, -0.25) is 0 Å². The molecule has 1 rings (SSSR count). The van der Waals surface area contributed by atoms with Crippen molar-refractivity contribution in [2.45, 2.75) is 32.4 Å². The first kappa shape index (κ1) is 13.9. The number of aliphatic hydroxyl groups is 1. The van der Waals surface area contributed by atoms with Crippen LogP contribution in [0.15, 0.2) is 18.2 Å². The molecule has 0 aliphatic heterocycles. The van der Waals surface area contributed by atoms with Gasteiger partial charge in [-0.05, 0) is 38.6 Å². The van der Waals surface area contributed by atoms with Gasteiger partial charge >= 0.3 is 0 Å². The third kappa shape index (κ3) is 5.65. The summed E-state index contributed by atoms with van der Waals surface area (Å²) >= 11 is 0. The van der Waals surface area contributed by atoms with Gasteiger partial charge in [-0.25, -0.2) is 4.39 Å². The molecule has 0 aliphatic carbocycles. The van der Waals surface area contributed by atoms with Gasteiger partial charge in [0.05, 0.1) is 12.2 Å². The fourth-order valence-electron chi connectivity index (χ4n) is 1.43. The summed E-state index contributed by atoms with van der Waals surface area (Å²) < 4.78 is 18.7. The maximum Gasteiger partial charge on any atom is 0.127 e. The molecule has 0 unspecified atom stereocenters. The largest absolute Gasteiger partial charge is 0.493 e. The van der Waals surface area contributed by atoms with Crippen LogP contribution in [0.25, 0.3) is 0 Å². The molecule has 0 heterocycles. The predicted molar refractivity (Wildman–Crippen MR) is 65.6 cm³/mol. The Balaban J connectivity index is 2.58. The second kappa shape index (κ2) is 5.98. The van der Waals surface area contributed by atoms with E-state index in [-0.39, 0.29) is 5.82 Å². The van der Waals surface area contributed by atoms with Crippen molar-refractivity contribution in [3.63, 3.8) is 0 Å². The minimum Gasteiger partial charge on any atom is -0.493 e. The van der Waals surface area contributed by atoms with Crippen LogP contribution in [-0.2, 0) is 6.54 Å². The first-order chi connectivity index (χ1) is 7.90. The molecule has 0 aliphatic rings. The molecule has 4 heteroatoms. The van der Waals surface area contributed by atoms with Gasteiger partial charge in [0.15, 0.2) is 0 Å². The third-order valence-corrected chi connectivity index (χ3v) is 2.29. The van der Waals surface area contributed by atoms with Crippen molar-refractivity contribution in [3.8, 4) is 5.75 Å². The van der Waals surface area contributed by atoms with Crippen LogP contribution in [0.4, 0.5) is 4.39 Å². The summed E-state index contributed by atoms with van der Waals surface area (Å²) in [7, 11) is 1.81. The highest BCUT2D eigenvalue weighted by atomic mass is 19.1. The number of hydrogen-bond acceptors (Lipinski definition) is 3. The molecule has 1 aromatic rings. The van der Waals surface area contributed by atoms with E-state index in [1.54, 1.807) is 27.0 Å². The highest BCUT2D eigenvalue weighted by Gasteiger charge is 2.12. The molecule has 0 aromatic heterocycles. The Morgan fingerprint density at radius 2 is 2.06 bits per heavy atom. The lowest BCUT2D eigenvalue weighted by Crippen LogP contribution is -2.21. The summed E-state index contributed by atoms with van der Waals surface area (Å²) in [4.78, 5) is 0. The van der Waals surface area contributed by atoms with Crippen molar-refractivity contribution in [1.29, 1.82) is 0 Å². The average molecular weight is 241 g/mol. The lowest BCUT2D eigenvalue weighted by molar-refractivity contribution is 0.0553. The van der Waals surface area contributed by atoms with Crippen LogP contribution in [0.3, 0.4) is 0 Å². The molecule has 0 radical (unpaired) electrons. The van der Waals surface area contributed by atoms with Crippen molar-refractivity contribution in [3.05, 3.63) is 29.6 Å². The number of ether oxygens (including phenoxy) is 1. The number of nitrogens with one attached hydrogen (secondary N) is 1. The first-order valence-electron chi connectivity index (χ1n) is 5.70. The van der Waals surface area contributed by atoms with Crippen molar-refractivity contribution in [2.24, 2.45) is 0 Å². The van der Waals surface area contributed by atoms with Crippen LogP contribution in [0, 0.1) is 5.82 Å². The van der Waals surface area contributed by atoms with Crippen LogP contribution in [0.1, 0.15) is 25.8 Å². The molecule has 2 N–H and O–H groups in total. The topological polar surface area (TPSA) is 41.5 Å². The van der Waals surface area contributed by atoms with E-state index in [0.29, 0.717) is 25.3 Å². The summed E-state index contributed by atoms with van der Waals surface area (Å²) in [5.74, 6) is 0.190. The fraction of sp³-hybridized carbons (Fsp3) is 0.538. The highest BCUT2D eigenvalue weighted by Crippen LogP contribution is 2.17. The van der Waals surface area contributed by atoms with Crippen LogP contribution in [-0.4, -0.2) is 24.4 Å². The number of hydrogen-bond donors (Lipinski definition) is 2. The maximum atomic E-state index is 13.3. The van der Waals surface area contributed by atoms with Gasteiger partial charge in [0.25, 0.3) is 0 Å². The Bertz CT molecular complexity index is 361. The van der Waals surface area contributed by atoms with Crippen LogP contribution in [0.2, 0.25) is 0 Å². The van der Waals surface area contributed by atoms with Crippen molar-refractivity contribution < 1.29 is 14.2 Å². The zero-order chi connectivity index (χ0) is 12.9. The average Bonchev–Trinajstić information content (AvgIpc) is 2.15. The molecule has 0 fully saturated rings. The summed E-state index contributed by atoms with van der Waals surface area (Å²) in [6.07, 6.45) is 0.505. The second-order valence-electron chi connectivity index (χ2n) is 4.74. The molecular formula is C13H20FNO2. The standard InChI is InChI=1S/C13H20FNO2/c1-13(2,16)4-5-17-12-7-10(9-15-3)6-11(14)8-12/h6-8,15-16H,4-5,9H2,1-3H3. The van der Waals surface area contributed by atoms with Crippen molar-refractivity contribution >= 4 is 0 Å². The van der Waals surface area contributed by atoms with E-state index < -0.39 is 5.60 Å². The Morgan fingerprint density at radius 3 is 2.65 bits per heavy atom. The molecular weight excluding hydrogens is 221 g/mol. The molecule has 0 bridgehead atoms. The first-order valence-corrected chi connectivity index (χ1v) is 5.70. The number of benzene rings is 1. The normalized spacial score (nSPS) is 11.6. The lowest BCUT2D eigenvalue weighted by atomic mass is 10.1. The summed E-state index contributed by atoms with van der Waals surface area (Å²) in [6.45, 7) is 4.40. The minimum absolute atomic E-state index is 0.309. The van der Waals surface area contributed by atoms with Gasteiger partial charge < -0.3 is 15.2 Å². The molecule has 0 atom stereocenters.